The number of halogens is 3. The number of nitriles is 1. The van der Waals surface area contributed by atoms with E-state index < -0.39 is 34.4 Å². The zero-order chi connectivity index (χ0) is 25.0. The number of amides is 1. The van der Waals surface area contributed by atoms with E-state index in [4.69, 9.17) is 5.26 Å². The average Bonchev–Trinajstić information content (AvgIpc) is 3.10. The van der Waals surface area contributed by atoms with Gasteiger partial charge in [-0.15, -0.1) is 12.6 Å². The molecule has 2 unspecified atom stereocenters. The summed E-state index contributed by atoms with van der Waals surface area (Å²) in [6.45, 7) is 3.43. The summed E-state index contributed by atoms with van der Waals surface area (Å²) in [7, 11) is 0. The predicted molar refractivity (Wildman–Crippen MR) is 125 cm³/mol. The number of aromatic nitrogens is 1. The number of ketones is 1. The van der Waals surface area contributed by atoms with Gasteiger partial charge in [0.25, 0.3) is 5.91 Å². The molecule has 12 heteroatoms. The fourth-order valence-corrected chi connectivity index (χ4v) is 5.48. The van der Waals surface area contributed by atoms with Gasteiger partial charge in [-0.2, -0.15) is 18.4 Å². The number of hydrogen-bond donors (Lipinski definition) is 2. The predicted octanol–water partition coefficient (Wildman–Crippen LogP) is 2.55. The van der Waals surface area contributed by atoms with Crippen molar-refractivity contribution in [3.63, 3.8) is 0 Å². The molecule has 0 bridgehead atoms. The maximum Gasteiger partial charge on any atom is 0.419 e. The number of Topliss-reactive ketones (excluding diaryl/α,β-unsaturated/α-hetero) is 1. The van der Waals surface area contributed by atoms with E-state index in [1.807, 2.05) is 12.1 Å². The van der Waals surface area contributed by atoms with Crippen LogP contribution in [0.25, 0.3) is 0 Å². The average molecular weight is 503 g/mol. The van der Waals surface area contributed by atoms with Crippen LogP contribution in [-0.4, -0.2) is 53.9 Å². The summed E-state index contributed by atoms with van der Waals surface area (Å²) < 4.78 is 40.6. The number of carbonyl (C=O) groups is 2. The van der Waals surface area contributed by atoms with Gasteiger partial charge in [0.2, 0.25) is 0 Å². The standard InChI is InChI=1S/C23H21F3N6O2S/c24-23(25,26)17-11-16(13-29-18(17)12-27)31-20(34)22(6-5-19(22)33)32(21(31)35)15-3-1-14(2-4-15)30-9-7-28-8-10-30/h1-4,11,13,21,28,35H,5-10H2. The van der Waals surface area contributed by atoms with Crippen molar-refractivity contribution < 1.29 is 22.8 Å². The number of piperazine rings is 1. The number of hydrogen-bond acceptors (Lipinski definition) is 8. The summed E-state index contributed by atoms with van der Waals surface area (Å²) in [5.74, 6) is -0.965. The highest BCUT2D eigenvalue weighted by Crippen LogP contribution is 2.48. The minimum Gasteiger partial charge on any atom is -0.369 e. The molecule has 3 aliphatic rings. The van der Waals surface area contributed by atoms with Crippen LogP contribution in [0.15, 0.2) is 36.5 Å². The Morgan fingerprint density at radius 2 is 1.77 bits per heavy atom. The van der Waals surface area contributed by atoms with E-state index >= 15 is 0 Å². The fourth-order valence-electron chi connectivity index (χ4n) is 4.91. The van der Waals surface area contributed by atoms with E-state index in [0.29, 0.717) is 11.8 Å². The molecule has 1 saturated carbocycles. The summed E-state index contributed by atoms with van der Waals surface area (Å²) in [6.07, 6.45) is -3.39. The molecule has 35 heavy (non-hydrogen) atoms. The fraction of sp³-hybridized carbons (Fsp3) is 0.391. The third-order valence-corrected chi connectivity index (χ3v) is 7.26. The molecule has 3 fully saturated rings. The Hall–Kier alpha value is -3.30. The van der Waals surface area contributed by atoms with Gasteiger partial charge in [0.1, 0.15) is 6.07 Å². The van der Waals surface area contributed by atoms with E-state index in [-0.39, 0.29) is 24.3 Å². The molecule has 0 radical (unpaired) electrons. The van der Waals surface area contributed by atoms with E-state index in [1.54, 1.807) is 17.0 Å². The van der Waals surface area contributed by atoms with Crippen molar-refractivity contribution in [2.75, 3.05) is 40.9 Å². The molecule has 8 nitrogen and oxygen atoms in total. The van der Waals surface area contributed by atoms with Crippen LogP contribution >= 0.6 is 12.6 Å². The highest BCUT2D eigenvalue weighted by Gasteiger charge is 2.65. The highest BCUT2D eigenvalue weighted by atomic mass is 32.1. The molecule has 1 spiro atoms. The Bertz CT molecular complexity index is 1230. The van der Waals surface area contributed by atoms with E-state index in [2.05, 4.69) is 27.8 Å². The number of alkyl halides is 3. The topological polar surface area (TPSA) is 92.6 Å². The lowest BCUT2D eigenvalue weighted by Crippen LogP contribution is -2.63. The first kappa shape index (κ1) is 23.4. The Labute approximate surface area is 204 Å². The first-order valence-corrected chi connectivity index (χ1v) is 11.6. The maximum absolute atomic E-state index is 13.6. The summed E-state index contributed by atoms with van der Waals surface area (Å²) in [5, 5.41) is 12.3. The van der Waals surface area contributed by atoms with Crippen molar-refractivity contribution in [1.29, 1.82) is 5.26 Å². The highest BCUT2D eigenvalue weighted by molar-refractivity contribution is 7.81. The minimum absolute atomic E-state index is 0.180. The van der Waals surface area contributed by atoms with Crippen LogP contribution in [0.3, 0.4) is 0 Å². The number of nitrogens with one attached hydrogen (secondary N) is 1. The second kappa shape index (κ2) is 8.42. The lowest BCUT2D eigenvalue weighted by atomic mass is 9.73. The molecular weight excluding hydrogens is 481 g/mol. The SMILES string of the molecule is N#Cc1ncc(N2C(=O)C3(CCC3=O)N(c3ccc(N4CCNCC4)cc3)C2S)cc1C(F)(F)F. The molecular formula is C23H21F3N6O2S. The van der Waals surface area contributed by atoms with Gasteiger partial charge in [0.05, 0.1) is 17.4 Å². The zero-order valence-corrected chi connectivity index (χ0v) is 19.3. The van der Waals surface area contributed by atoms with Gasteiger partial charge >= 0.3 is 6.18 Å². The van der Waals surface area contributed by atoms with Crippen LogP contribution in [0.2, 0.25) is 0 Å². The number of pyridine rings is 1. The quantitative estimate of drug-likeness (QED) is 0.492. The third-order valence-electron chi connectivity index (χ3n) is 6.79. The monoisotopic (exact) mass is 502 g/mol. The third kappa shape index (κ3) is 3.61. The number of carbonyl (C=O) groups excluding carboxylic acids is 2. The molecule has 2 atom stereocenters. The molecule has 1 N–H and O–H groups in total. The first-order chi connectivity index (χ1) is 16.7. The summed E-state index contributed by atoms with van der Waals surface area (Å²) in [4.78, 5) is 34.9. The molecule has 1 aromatic carbocycles. The van der Waals surface area contributed by atoms with Crippen LogP contribution in [-0.2, 0) is 15.8 Å². The molecule has 1 aromatic heterocycles. The van der Waals surface area contributed by atoms with Gasteiger partial charge < -0.3 is 15.1 Å². The van der Waals surface area contributed by atoms with Crippen molar-refractivity contribution in [3.8, 4) is 6.07 Å². The number of benzene rings is 1. The van der Waals surface area contributed by atoms with Crippen LogP contribution < -0.4 is 20.0 Å². The van der Waals surface area contributed by atoms with Gasteiger partial charge in [-0.05, 0) is 36.8 Å². The summed E-state index contributed by atoms with van der Waals surface area (Å²) in [6, 6.07) is 9.52. The molecule has 1 amide bonds. The number of nitrogens with zero attached hydrogens (tertiary/aromatic N) is 5. The van der Waals surface area contributed by atoms with Gasteiger partial charge in [-0.1, -0.05) is 0 Å². The normalized spacial score (nSPS) is 24.7. The molecule has 2 aromatic rings. The van der Waals surface area contributed by atoms with Crippen molar-refractivity contribution in [2.24, 2.45) is 0 Å². The lowest BCUT2D eigenvalue weighted by molar-refractivity contribution is -0.140. The van der Waals surface area contributed by atoms with Gasteiger partial charge in [0, 0.05) is 44.0 Å². The first-order valence-electron chi connectivity index (χ1n) is 11.1. The summed E-state index contributed by atoms with van der Waals surface area (Å²) >= 11 is 4.58. The van der Waals surface area contributed by atoms with Crippen LogP contribution in [0.5, 0.6) is 0 Å². The zero-order valence-electron chi connectivity index (χ0n) is 18.4. The van der Waals surface area contributed by atoms with Gasteiger partial charge in [-0.3, -0.25) is 14.5 Å². The second-order valence-electron chi connectivity index (χ2n) is 8.63. The van der Waals surface area contributed by atoms with E-state index in [0.717, 1.165) is 43.0 Å². The maximum atomic E-state index is 13.6. The number of anilines is 3. The van der Waals surface area contributed by atoms with Gasteiger partial charge in [-0.25, -0.2) is 4.98 Å². The van der Waals surface area contributed by atoms with Crippen molar-refractivity contribution in [2.45, 2.75) is 30.1 Å². The number of rotatable bonds is 3. The molecule has 2 saturated heterocycles. The lowest BCUT2D eigenvalue weighted by Gasteiger charge is -2.43. The van der Waals surface area contributed by atoms with E-state index in [9.17, 15) is 22.8 Å². The van der Waals surface area contributed by atoms with Crippen LogP contribution in [0, 0.1) is 11.3 Å². The molecule has 182 valence electrons. The largest absolute Gasteiger partial charge is 0.419 e. The van der Waals surface area contributed by atoms with Crippen molar-refractivity contribution in [3.05, 3.63) is 47.8 Å². The molecule has 1 aliphatic carbocycles. The second-order valence-corrected chi connectivity index (χ2v) is 9.09. The van der Waals surface area contributed by atoms with Gasteiger partial charge in [0.15, 0.2) is 22.5 Å². The van der Waals surface area contributed by atoms with Crippen LogP contribution in [0.4, 0.5) is 30.2 Å². The van der Waals surface area contributed by atoms with Crippen molar-refractivity contribution >= 4 is 41.4 Å². The Morgan fingerprint density at radius 3 is 2.31 bits per heavy atom. The smallest absolute Gasteiger partial charge is 0.369 e. The van der Waals surface area contributed by atoms with E-state index in [1.165, 1.54) is 6.07 Å². The Kier molecular flexibility index (Phi) is 5.64. The summed E-state index contributed by atoms with van der Waals surface area (Å²) in [5.41, 5.74) is -3.25. The van der Waals surface area contributed by atoms with Crippen molar-refractivity contribution in [1.82, 2.24) is 10.3 Å². The molecule has 2 aliphatic heterocycles. The molecule has 5 rings (SSSR count). The minimum atomic E-state index is -4.84. The Morgan fingerprint density at radius 1 is 1.11 bits per heavy atom. The molecule has 3 heterocycles. The number of thiol groups is 1. The Balaban J connectivity index is 1.53. The van der Waals surface area contributed by atoms with Crippen LogP contribution in [0.1, 0.15) is 24.1 Å².